The van der Waals surface area contributed by atoms with Gasteiger partial charge >= 0.3 is 0 Å². The van der Waals surface area contributed by atoms with Gasteiger partial charge in [0.15, 0.2) is 9.84 Å². The Bertz CT molecular complexity index is 255. The van der Waals surface area contributed by atoms with Crippen molar-refractivity contribution in [1.82, 2.24) is 5.01 Å². The summed E-state index contributed by atoms with van der Waals surface area (Å²) >= 11 is 0. The van der Waals surface area contributed by atoms with Crippen molar-refractivity contribution in [3.8, 4) is 0 Å². The van der Waals surface area contributed by atoms with E-state index in [4.69, 9.17) is 0 Å². The number of hydrogen-bond acceptors (Lipinski definition) is 3. The van der Waals surface area contributed by atoms with E-state index < -0.39 is 9.84 Å². The second-order valence-electron chi connectivity index (χ2n) is 3.36. The molecule has 1 fully saturated rings. The minimum atomic E-state index is -2.84. The van der Waals surface area contributed by atoms with E-state index in [1.807, 2.05) is 11.9 Å². The quantitative estimate of drug-likeness (QED) is 0.498. The molecule has 3 N–H and O–H groups in total. The highest BCUT2D eigenvalue weighted by molar-refractivity contribution is 7.92. The summed E-state index contributed by atoms with van der Waals surface area (Å²) in [4.78, 5) is 0. The normalized spacial score (nSPS) is 33.8. The average molecular weight is 229 g/mol. The summed E-state index contributed by atoms with van der Waals surface area (Å²) in [7, 11) is -2.84. The van der Waals surface area contributed by atoms with Gasteiger partial charge in [-0.3, -0.25) is 5.84 Å². The predicted molar refractivity (Wildman–Crippen MR) is 46.9 cm³/mol. The molecule has 4 nitrogen and oxygen atoms in total. The monoisotopic (exact) mass is 228 g/mol. The third-order valence-electron chi connectivity index (χ3n) is 2.66. The van der Waals surface area contributed by atoms with E-state index in [-0.39, 0.29) is 29.5 Å². The van der Waals surface area contributed by atoms with E-state index in [0.29, 0.717) is 6.54 Å². The van der Waals surface area contributed by atoms with Crippen LogP contribution >= 0.6 is 0 Å². The van der Waals surface area contributed by atoms with Crippen molar-refractivity contribution >= 4 is 9.84 Å². The molecule has 1 rings (SSSR count). The summed E-state index contributed by atoms with van der Waals surface area (Å²) in [6.45, 7) is 4.35. The topological polar surface area (TPSA) is 65.0 Å². The number of quaternary nitrogens is 1. The van der Waals surface area contributed by atoms with Crippen molar-refractivity contribution in [2.24, 2.45) is 0 Å². The molecule has 0 aromatic carbocycles. The van der Waals surface area contributed by atoms with Gasteiger partial charge in [0.2, 0.25) is 0 Å². The minimum Gasteiger partial charge on any atom is -1.00 e. The zero-order valence-corrected chi connectivity index (χ0v) is 9.61. The average Bonchev–Trinajstić information content (AvgIpc) is 2.00. The Balaban J connectivity index is 0.00000144. The third-order valence-corrected chi connectivity index (χ3v) is 4.86. The van der Waals surface area contributed by atoms with Crippen molar-refractivity contribution in [2.45, 2.75) is 31.6 Å². The smallest absolute Gasteiger partial charge is 0.156 e. The maximum Gasteiger partial charge on any atom is 0.156 e. The molecule has 0 saturated carbocycles. The molecular weight excluding hydrogens is 212 g/mol. The maximum absolute atomic E-state index is 11.4. The molecule has 0 aromatic heterocycles. The van der Waals surface area contributed by atoms with Gasteiger partial charge in [-0.2, -0.15) is 5.01 Å². The van der Waals surface area contributed by atoms with Gasteiger partial charge in [0.25, 0.3) is 0 Å². The van der Waals surface area contributed by atoms with Crippen molar-refractivity contribution < 1.29 is 26.7 Å². The molecule has 2 atom stereocenters. The fraction of sp³-hybridized carbons (Fsp3) is 1.00. The van der Waals surface area contributed by atoms with Crippen LogP contribution < -0.4 is 18.2 Å². The number of rotatable bonds is 1. The SMILES string of the molecule is CCC1C(C)S(=O)(=O)CCN1[NH3+].[Cl-]. The number of sulfone groups is 1. The fourth-order valence-electron chi connectivity index (χ4n) is 1.72. The highest BCUT2D eigenvalue weighted by Crippen LogP contribution is 2.18. The second kappa shape index (κ2) is 4.59. The molecular formula is C7H17ClN2O2S. The van der Waals surface area contributed by atoms with E-state index in [0.717, 1.165) is 6.42 Å². The highest BCUT2D eigenvalue weighted by Gasteiger charge is 2.37. The van der Waals surface area contributed by atoms with Gasteiger partial charge in [-0.15, -0.1) is 0 Å². The Morgan fingerprint density at radius 2 is 2.08 bits per heavy atom. The van der Waals surface area contributed by atoms with Gasteiger partial charge in [0.05, 0.1) is 23.6 Å². The molecule has 0 bridgehead atoms. The summed E-state index contributed by atoms with van der Waals surface area (Å²) in [5.41, 5.74) is 0. The number of halogens is 1. The molecule has 0 radical (unpaired) electrons. The second-order valence-corrected chi connectivity index (χ2v) is 5.84. The lowest BCUT2D eigenvalue weighted by Gasteiger charge is -2.32. The first-order valence-corrected chi connectivity index (χ1v) is 5.99. The molecule has 0 aliphatic carbocycles. The first-order chi connectivity index (χ1) is 5.49. The van der Waals surface area contributed by atoms with E-state index in [2.05, 4.69) is 5.84 Å². The summed E-state index contributed by atoms with van der Waals surface area (Å²) in [5, 5.41) is 1.64. The van der Waals surface area contributed by atoms with Crippen LogP contribution in [0.2, 0.25) is 0 Å². The Hall–Kier alpha value is 0.160. The number of hydrogen-bond donors (Lipinski definition) is 1. The molecule has 1 aliphatic rings. The van der Waals surface area contributed by atoms with Crippen LogP contribution in [0.15, 0.2) is 0 Å². The molecule has 0 aromatic rings. The number of nitrogens with zero attached hydrogens (tertiary/aromatic N) is 1. The summed E-state index contributed by atoms with van der Waals surface area (Å²) in [6, 6.07) is 0.101. The molecule has 1 heterocycles. The first kappa shape index (κ1) is 13.2. The lowest BCUT2D eigenvalue weighted by atomic mass is 10.1. The molecule has 1 saturated heterocycles. The molecule has 13 heavy (non-hydrogen) atoms. The maximum atomic E-state index is 11.4. The minimum absolute atomic E-state index is 0. The standard InChI is InChI=1S/C7H16N2O2S.ClH/c1-3-7-6(2)12(10,11)5-4-9(7)8;/h6-7H,3-5,8H2,1-2H3;1H. The van der Waals surface area contributed by atoms with Gasteiger partial charge in [-0.25, -0.2) is 8.42 Å². The van der Waals surface area contributed by atoms with E-state index >= 15 is 0 Å². The van der Waals surface area contributed by atoms with Crippen LogP contribution in [0.1, 0.15) is 20.3 Å². The Labute approximate surface area is 85.8 Å². The molecule has 1 aliphatic heterocycles. The highest BCUT2D eigenvalue weighted by atomic mass is 35.5. The van der Waals surface area contributed by atoms with Crippen LogP contribution in [0, 0.1) is 0 Å². The summed E-state index contributed by atoms with van der Waals surface area (Å²) in [5.74, 6) is 4.09. The molecule has 6 heteroatoms. The van der Waals surface area contributed by atoms with Crippen LogP contribution in [0.3, 0.4) is 0 Å². The van der Waals surface area contributed by atoms with E-state index in [1.165, 1.54) is 0 Å². The molecule has 0 amide bonds. The van der Waals surface area contributed by atoms with Crippen molar-refractivity contribution in [3.05, 3.63) is 0 Å². The first-order valence-electron chi connectivity index (χ1n) is 4.27. The van der Waals surface area contributed by atoms with Gasteiger partial charge in [0.1, 0.15) is 0 Å². The largest absolute Gasteiger partial charge is 1.00 e. The zero-order valence-electron chi connectivity index (χ0n) is 8.03. The van der Waals surface area contributed by atoms with Crippen LogP contribution in [0.25, 0.3) is 0 Å². The zero-order chi connectivity index (χ0) is 9.35. The van der Waals surface area contributed by atoms with Gasteiger partial charge < -0.3 is 12.4 Å². The fourth-order valence-corrected chi connectivity index (χ4v) is 3.43. The lowest BCUT2D eigenvalue weighted by molar-refractivity contribution is -0.585. The van der Waals surface area contributed by atoms with Gasteiger partial charge in [-0.1, -0.05) is 6.92 Å². The van der Waals surface area contributed by atoms with Gasteiger partial charge in [0, 0.05) is 0 Å². The van der Waals surface area contributed by atoms with Crippen LogP contribution in [0.4, 0.5) is 0 Å². The Morgan fingerprint density at radius 3 is 2.46 bits per heavy atom. The summed E-state index contributed by atoms with van der Waals surface area (Å²) < 4.78 is 22.9. The molecule has 0 spiro atoms. The summed E-state index contributed by atoms with van der Waals surface area (Å²) in [6.07, 6.45) is 0.851. The Kier molecular flexibility index (Phi) is 4.65. The van der Waals surface area contributed by atoms with Crippen LogP contribution in [-0.4, -0.2) is 37.0 Å². The van der Waals surface area contributed by atoms with Crippen molar-refractivity contribution in [1.29, 1.82) is 0 Å². The predicted octanol–water partition coefficient (Wildman–Crippen LogP) is -3.96. The molecule has 2 unspecified atom stereocenters. The molecule has 80 valence electrons. The van der Waals surface area contributed by atoms with Gasteiger partial charge in [-0.05, 0) is 13.3 Å². The lowest BCUT2D eigenvalue weighted by Crippen LogP contribution is -3.00. The van der Waals surface area contributed by atoms with E-state index in [9.17, 15) is 8.42 Å². The Morgan fingerprint density at radius 1 is 1.54 bits per heavy atom. The third kappa shape index (κ3) is 2.56. The van der Waals surface area contributed by atoms with Crippen molar-refractivity contribution in [2.75, 3.05) is 12.3 Å². The van der Waals surface area contributed by atoms with E-state index in [1.54, 1.807) is 6.92 Å². The van der Waals surface area contributed by atoms with Crippen LogP contribution in [0.5, 0.6) is 0 Å². The van der Waals surface area contributed by atoms with Crippen LogP contribution in [-0.2, 0) is 9.84 Å². The van der Waals surface area contributed by atoms with Crippen molar-refractivity contribution in [3.63, 3.8) is 0 Å².